The monoisotopic (exact) mass is 250 g/mol. The second kappa shape index (κ2) is 5.35. The van der Waals surface area contributed by atoms with Gasteiger partial charge < -0.3 is 14.8 Å². The van der Waals surface area contributed by atoms with Crippen molar-refractivity contribution in [2.75, 3.05) is 19.5 Å². The van der Waals surface area contributed by atoms with Crippen LogP contribution in [0.15, 0.2) is 12.1 Å². The first-order valence-electron chi connectivity index (χ1n) is 5.99. The minimum atomic E-state index is -0.352. The molecule has 0 unspecified atom stereocenters. The van der Waals surface area contributed by atoms with Crippen LogP contribution >= 0.6 is 0 Å². The highest BCUT2D eigenvalue weighted by Crippen LogP contribution is 2.26. The number of rotatable bonds is 4. The summed E-state index contributed by atoms with van der Waals surface area (Å²) in [5.41, 5.74) is 1.18. The summed E-state index contributed by atoms with van der Waals surface area (Å²) < 4.78 is 9.90. The number of aromatic nitrogens is 1. The molecule has 1 aliphatic carbocycles. The van der Waals surface area contributed by atoms with Crippen molar-refractivity contribution in [3.8, 4) is 0 Å². The Bertz CT molecular complexity index is 442. The number of hydrogen-bond donors (Lipinski definition) is 1. The predicted molar refractivity (Wildman–Crippen MR) is 67.8 cm³/mol. The number of carbonyl (C=O) groups is 1. The van der Waals surface area contributed by atoms with Gasteiger partial charge in [-0.3, -0.25) is 0 Å². The zero-order valence-electron chi connectivity index (χ0n) is 10.9. The van der Waals surface area contributed by atoms with Crippen molar-refractivity contribution in [1.82, 2.24) is 4.98 Å². The molecule has 1 N–H and O–H groups in total. The fraction of sp³-hybridized carbons (Fsp3) is 0.538. The van der Waals surface area contributed by atoms with Gasteiger partial charge in [-0.15, -0.1) is 0 Å². The van der Waals surface area contributed by atoms with E-state index >= 15 is 0 Å². The lowest BCUT2D eigenvalue weighted by molar-refractivity contribution is 0.0328. The fourth-order valence-corrected chi connectivity index (χ4v) is 2.05. The Balaban J connectivity index is 1.99. The number of ether oxygens (including phenoxy) is 2. The van der Waals surface area contributed by atoms with E-state index < -0.39 is 0 Å². The van der Waals surface area contributed by atoms with Gasteiger partial charge in [0.25, 0.3) is 0 Å². The van der Waals surface area contributed by atoms with Gasteiger partial charge in [0, 0.05) is 13.2 Å². The van der Waals surface area contributed by atoms with Crippen LogP contribution in [0.1, 0.15) is 28.9 Å². The molecule has 0 radical (unpaired) electrons. The van der Waals surface area contributed by atoms with E-state index in [9.17, 15) is 4.79 Å². The van der Waals surface area contributed by atoms with Crippen LogP contribution < -0.4 is 5.32 Å². The van der Waals surface area contributed by atoms with Crippen LogP contribution in [-0.2, 0) is 9.47 Å². The minimum Gasteiger partial charge on any atom is -0.465 e. The molecule has 1 aromatic rings. The van der Waals surface area contributed by atoms with Crippen LogP contribution in [-0.4, -0.2) is 37.3 Å². The van der Waals surface area contributed by atoms with Gasteiger partial charge in [-0.1, -0.05) is 0 Å². The summed E-state index contributed by atoms with van der Waals surface area (Å²) in [6.45, 7) is 1.80. The van der Waals surface area contributed by atoms with Gasteiger partial charge in [-0.25, -0.2) is 9.78 Å². The fourth-order valence-electron chi connectivity index (χ4n) is 2.05. The van der Waals surface area contributed by atoms with Crippen LogP contribution in [0.4, 0.5) is 5.82 Å². The van der Waals surface area contributed by atoms with Crippen LogP contribution in [0, 0.1) is 6.92 Å². The largest absolute Gasteiger partial charge is 0.465 e. The number of aryl methyl sites for hydroxylation is 1. The third-order valence-corrected chi connectivity index (χ3v) is 3.27. The molecular formula is C13H18N2O3. The Morgan fingerprint density at radius 2 is 2.11 bits per heavy atom. The van der Waals surface area contributed by atoms with Gasteiger partial charge in [0.1, 0.15) is 5.82 Å². The van der Waals surface area contributed by atoms with Crippen LogP contribution in [0.25, 0.3) is 0 Å². The highest BCUT2D eigenvalue weighted by molar-refractivity contribution is 5.90. The van der Waals surface area contributed by atoms with Crippen LogP contribution in [0.3, 0.4) is 0 Å². The third-order valence-electron chi connectivity index (χ3n) is 3.27. The van der Waals surface area contributed by atoms with E-state index in [0.717, 1.165) is 18.7 Å². The number of esters is 1. The lowest BCUT2D eigenvalue weighted by atomic mass is 9.89. The van der Waals surface area contributed by atoms with Crippen molar-refractivity contribution in [2.24, 2.45) is 0 Å². The van der Waals surface area contributed by atoms with E-state index in [2.05, 4.69) is 15.0 Å². The second-order valence-corrected chi connectivity index (χ2v) is 4.49. The van der Waals surface area contributed by atoms with Crippen molar-refractivity contribution in [3.63, 3.8) is 0 Å². The van der Waals surface area contributed by atoms with E-state index in [0.29, 0.717) is 23.4 Å². The maximum atomic E-state index is 11.4. The average Bonchev–Trinajstić information content (AvgIpc) is 2.32. The maximum Gasteiger partial charge on any atom is 0.339 e. The maximum absolute atomic E-state index is 11.4. The minimum absolute atomic E-state index is 0.352. The molecule has 0 aromatic carbocycles. The number of hydrogen-bond acceptors (Lipinski definition) is 5. The van der Waals surface area contributed by atoms with Gasteiger partial charge in [0.15, 0.2) is 0 Å². The Hall–Kier alpha value is -1.62. The molecule has 0 amide bonds. The average molecular weight is 250 g/mol. The van der Waals surface area contributed by atoms with Gasteiger partial charge in [0.05, 0.1) is 24.5 Å². The van der Waals surface area contributed by atoms with E-state index in [1.54, 1.807) is 26.2 Å². The standard InChI is InChI=1S/C13H18N2O3/c1-8-11(13(16)18-3)4-5-12(14-8)15-9-6-10(7-9)17-2/h4-5,9-10H,6-7H2,1-3H3,(H,14,15). The van der Waals surface area contributed by atoms with E-state index in [4.69, 9.17) is 4.74 Å². The molecule has 2 rings (SSSR count). The molecule has 0 aliphatic heterocycles. The molecule has 0 saturated heterocycles. The Morgan fingerprint density at radius 3 is 2.67 bits per heavy atom. The summed E-state index contributed by atoms with van der Waals surface area (Å²) in [5, 5.41) is 3.32. The van der Waals surface area contributed by atoms with Gasteiger partial charge in [0.2, 0.25) is 0 Å². The zero-order chi connectivity index (χ0) is 13.1. The van der Waals surface area contributed by atoms with E-state index in [-0.39, 0.29) is 5.97 Å². The number of pyridine rings is 1. The van der Waals surface area contributed by atoms with Crippen LogP contribution in [0.5, 0.6) is 0 Å². The topological polar surface area (TPSA) is 60.5 Å². The predicted octanol–water partition coefficient (Wildman–Crippen LogP) is 1.77. The molecule has 18 heavy (non-hydrogen) atoms. The van der Waals surface area contributed by atoms with Crippen molar-refractivity contribution in [2.45, 2.75) is 31.9 Å². The molecule has 1 fully saturated rings. The van der Waals surface area contributed by atoms with Crippen molar-refractivity contribution >= 4 is 11.8 Å². The molecule has 98 valence electrons. The summed E-state index contributed by atoms with van der Waals surface area (Å²) in [5.74, 6) is 0.439. The third kappa shape index (κ3) is 2.61. The van der Waals surface area contributed by atoms with Crippen molar-refractivity contribution < 1.29 is 14.3 Å². The Morgan fingerprint density at radius 1 is 1.39 bits per heavy atom. The molecule has 0 atom stereocenters. The number of anilines is 1. The number of methoxy groups -OCH3 is 2. The first-order valence-corrected chi connectivity index (χ1v) is 5.99. The van der Waals surface area contributed by atoms with Crippen molar-refractivity contribution in [3.05, 3.63) is 23.4 Å². The molecule has 1 heterocycles. The van der Waals surface area contributed by atoms with Crippen LogP contribution in [0.2, 0.25) is 0 Å². The molecule has 5 heteroatoms. The highest BCUT2D eigenvalue weighted by atomic mass is 16.5. The van der Waals surface area contributed by atoms with E-state index in [1.165, 1.54) is 7.11 Å². The lowest BCUT2D eigenvalue weighted by Crippen LogP contribution is -2.40. The number of nitrogens with one attached hydrogen (secondary N) is 1. The normalized spacial score (nSPS) is 22.2. The van der Waals surface area contributed by atoms with Gasteiger partial charge in [-0.05, 0) is 31.9 Å². The first-order chi connectivity index (χ1) is 8.63. The van der Waals surface area contributed by atoms with Gasteiger partial charge in [-0.2, -0.15) is 0 Å². The molecule has 1 aromatic heterocycles. The summed E-state index contributed by atoms with van der Waals surface area (Å²) in [6, 6.07) is 3.95. The molecule has 0 spiro atoms. The zero-order valence-corrected chi connectivity index (χ0v) is 10.9. The Kier molecular flexibility index (Phi) is 3.81. The quantitative estimate of drug-likeness (QED) is 0.825. The lowest BCUT2D eigenvalue weighted by Gasteiger charge is -2.35. The second-order valence-electron chi connectivity index (χ2n) is 4.49. The first kappa shape index (κ1) is 12.8. The number of carbonyl (C=O) groups excluding carboxylic acids is 1. The highest BCUT2D eigenvalue weighted by Gasteiger charge is 2.29. The van der Waals surface area contributed by atoms with Gasteiger partial charge >= 0.3 is 5.97 Å². The summed E-state index contributed by atoms with van der Waals surface area (Å²) >= 11 is 0. The molecular weight excluding hydrogens is 232 g/mol. The number of nitrogens with zero attached hydrogens (tertiary/aromatic N) is 1. The molecule has 1 saturated carbocycles. The Labute approximate surface area is 107 Å². The molecule has 1 aliphatic rings. The summed E-state index contributed by atoms with van der Waals surface area (Å²) in [6.07, 6.45) is 2.35. The molecule has 5 nitrogen and oxygen atoms in total. The molecule has 0 bridgehead atoms. The van der Waals surface area contributed by atoms with Crippen molar-refractivity contribution in [1.29, 1.82) is 0 Å². The smallest absolute Gasteiger partial charge is 0.339 e. The summed E-state index contributed by atoms with van der Waals surface area (Å²) in [7, 11) is 3.10. The van der Waals surface area contributed by atoms with E-state index in [1.807, 2.05) is 0 Å². The SMILES string of the molecule is COC(=O)c1ccc(NC2CC(OC)C2)nc1C. The summed E-state index contributed by atoms with van der Waals surface area (Å²) in [4.78, 5) is 15.8.